The molecule has 4 heteroatoms. The molecule has 0 spiro atoms. The summed E-state index contributed by atoms with van der Waals surface area (Å²) in [5.74, 6) is -0.0894. The van der Waals surface area contributed by atoms with Gasteiger partial charge in [0, 0.05) is 25.2 Å². The highest BCUT2D eigenvalue weighted by atomic mass is 16.2. The maximum Gasteiger partial charge on any atom is 0.254 e. The lowest BCUT2D eigenvalue weighted by molar-refractivity contribution is 0.0751. The van der Waals surface area contributed by atoms with Crippen LogP contribution >= 0.6 is 0 Å². The lowest BCUT2D eigenvalue weighted by atomic mass is 9.94. The fourth-order valence-corrected chi connectivity index (χ4v) is 2.63. The fourth-order valence-electron chi connectivity index (χ4n) is 2.63. The van der Waals surface area contributed by atoms with E-state index in [0.717, 1.165) is 25.1 Å². The first-order chi connectivity index (χ1) is 9.67. The molecule has 0 radical (unpaired) electrons. The Hall–Kier alpha value is -1.86. The van der Waals surface area contributed by atoms with Gasteiger partial charge in [0.2, 0.25) is 0 Å². The second kappa shape index (κ2) is 6.53. The molecule has 0 bridgehead atoms. The van der Waals surface area contributed by atoms with Gasteiger partial charge in [-0.3, -0.25) is 4.79 Å². The molecule has 1 heterocycles. The minimum absolute atomic E-state index is 0.0494. The first kappa shape index (κ1) is 14.5. The number of benzene rings is 1. The Labute approximate surface area is 120 Å². The van der Waals surface area contributed by atoms with Crippen LogP contribution in [-0.2, 0) is 13.0 Å². The van der Waals surface area contributed by atoms with E-state index >= 15 is 0 Å². The van der Waals surface area contributed by atoms with Crippen molar-refractivity contribution in [3.8, 4) is 6.07 Å². The van der Waals surface area contributed by atoms with E-state index in [1.807, 2.05) is 26.0 Å². The Balaban J connectivity index is 2.26. The lowest BCUT2D eigenvalue weighted by Crippen LogP contribution is -2.36. The molecule has 1 aliphatic rings. The third kappa shape index (κ3) is 3.00. The van der Waals surface area contributed by atoms with Gasteiger partial charge in [0.05, 0.1) is 12.0 Å². The van der Waals surface area contributed by atoms with Crippen molar-refractivity contribution in [2.45, 2.75) is 26.8 Å². The highest BCUT2D eigenvalue weighted by Gasteiger charge is 2.22. The van der Waals surface area contributed by atoms with E-state index in [9.17, 15) is 4.79 Å². The largest absolute Gasteiger partial charge is 0.338 e. The van der Waals surface area contributed by atoms with Crippen LogP contribution in [-0.4, -0.2) is 30.4 Å². The molecule has 1 unspecified atom stereocenters. The molecule has 0 aliphatic carbocycles. The van der Waals surface area contributed by atoms with Crippen LogP contribution < -0.4 is 5.32 Å². The van der Waals surface area contributed by atoms with Gasteiger partial charge in [0.25, 0.3) is 5.91 Å². The van der Waals surface area contributed by atoms with E-state index in [1.54, 1.807) is 4.90 Å². The molecule has 1 aromatic rings. The normalized spacial score (nSPS) is 15.1. The minimum Gasteiger partial charge on any atom is -0.338 e. The fraction of sp³-hybridized carbons (Fsp3) is 0.500. The van der Waals surface area contributed by atoms with Gasteiger partial charge in [-0.15, -0.1) is 0 Å². The zero-order valence-electron chi connectivity index (χ0n) is 12.1. The average Bonchev–Trinajstić information content (AvgIpc) is 2.51. The van der Waals surface area contributed by atoms with Crippen molar-refractivity contribution in [2.24, 2.45) is 5.92 Å². The van der Waals surface area contributed by atoms with Crippen LogP contribution in [0.15, 0.2) is 18.2 Å². The van der Waals surface area contributed by atoms with Crippen LogP contribution in [0.2, 0.25) is 0 Å². The number of carbonyl (C=O) groups excluding carboxylic acids is 1. The van der Waals surface area contributed by atoms with Crippen LogP contribution in [0.25, 0.3) is 0 Å². The van der Waals surface area contributed by atoms with E-state index < -0.39 is 0 Å². The number of hydrogen-bond acceptors (Lipinski definition) is 3. The SMILES string of the molecule is CCN(CC(C)C#N)C(=O)c1cccc2c1CCNC2. The van der Waals surface area contributed by atoms with Crippen molar-refractivity contribution in [1.29, 1.82) is 5.26 Å². The highest BCUT2D eigenvalue weighted by molar-refractivity contribution is 5.96. The van der Waals surface area contributed by atoms with Gasteiger partial charge in [-0.25, -0.2) is 0 Å². The summed E-state index contributed by atoms with van der Waals surface area (Å²) in [6, 6.07) is 8.12. The van der Waals surface area contributed by atoms with Gasteiger partial charge in [0.1, 0.15) is 0 Å². The summed E-state index contributed by atoms with van der Waals surface area (Å²) in [4.78, 5) is 14.5. The summed E-state index contributed by atoms with van der Waals surface area (Å²) < 4.78 is 0. The van der Waals surface area contributed by atoms with Crippen molar-refractivity contribution in [1.82, 2.24) is 10.2 Å². The first-order valence-corrected chi connectivity index (χ1v) is 7.17. The third-order valence-corrected chi connectivity index (χ3v) is 3.75. The number of amides is 1. The van der Waals surface area contributed by atoms with E-state index in [-0.39, 0.29) is 11.8 Å². The van der Waals surface area contributed by atoms with Gasteiger partial charge < -0.3 is 10.2 Å². The second-order valence-corrected chi connectivity index (χ2v) is 5.24. The smallest absolute Gasteiger partial charge is 0.254 e. The number of nitriles is 1. The van der Waals surface area contributed by atoms with Crippen molar-refractivity contribution in [3.05, 3.63) is 34.9 Å². The Bertz CT molecular complexity index is 533. The van der Waals surface area contributed by atoms with Gasteiger partial charge in [-0.05, 0) is 44.0 Å². The molecule has 0 saturated carbocycles. The molecule has 2 rings (SSSR count). The summed E-state index contributed by atoms with van der Waals surface area (Å²) in [5.41, 5.74) is 3.18. The summed E-state index contributed by atoms with van der Waals surface area (Å²) >= 11 is 0. The molecule has 1 amide bonds. The standard InChI is InChI=1S/C16H21N3O/c1-3-19(11-12(2)9-17)16(20)15-6-4-5-13-10-18-8-7-14(13)15/h4-6,12,18H,3,7-8,10-11H2,1-2H3. The van der Waals surface area contributed by atoms with Crippen LogP contribution in [0.4, 0.5) is 0 Å². The first-order valence-electron chi connectivity index (χ1n) is 7.17. The van der Waals surface area contributed by atoms with Crippen LogP contribution in [0.1, 0.15) is 35.3 Å². The second-order valence-electron chi connectivity index (χ2n) is 5.24. The molecule has 1 aliphatic heterocycles. The molecule has 106 valence electrons. The van der Waals surface area contributed by atoms with Gasteiger partial charge in [-0.1, -0.05) is 12.1 Å². The molecular weight excluding hydrogens is 250 g/mol. The number of hydrogen-bond donors (Lipinski definition) is 1. The summed E-state index contributed by atoms with van der Waals surface area (Å²) in [6.07, 6.45) is 0.891. The summed E-state index contributed by atoms with van der Waals surface area (Å²) in [5, 5.41) is 12.3. The molecule has 0 saturated heterocycles. The Morgan fingerprint density at radius 2 is 2.35 bits per heavy atom. The number of nitrogens with zero attached hydrogens (tertiary/aromatic N) is 2. The molecule has 0 aromatic heterocycles. The van der Waals surface area contributed by atoms with Gasteiger partial charge >= 0.3 is 0 Å². The van der Waals surface area contributed by atoms with Crippen LogP contribution in [0.3, 0.4) is 0 Å². The Morgan fingerprint density at radius 1 is 1.55 bits per heavy atom. The topological polar surface area (TPSA) is 56.1 Å². The van der Waals surface area contributed by atoms with E-state index in [0.29, 0.717) is 13.1 Å². The maximum atomic E-state index is 12.7. The molecule has 20 heavy (non-hydrogen) atoms. The predicted molar refractivity (Wildman–Crippen MR) is 78.2 cm³/mol. The number of rotatable bonds is 4. The molecule has 1 N–H and O–H groups in total. The lowest BCUT2D eigenvalue weighted by Gasteiger charge is -2.25. The average molecular weight is 271 g/mol. The summed E-state index contributed by atoms with van der Waals surface area (Å²) in [6.45, 7) is 6.68. The number of fused-ring (bicyclic) bond motifs is 1. The van der Waals surface area contributed by atoms with Crippen molar-refractivity contribution in [3.63, 3.8) is 0 Å². The third-order valence-electron chi connectivity index (χ3n) is 3.75. The van der Waals surface area contributed by atoms with Gasteiger partial charge in [0.15, 0.2) is 0 Å². The van der Waals surface area contributed by atoms with E-state index in [2.05, 4.69) is 17.5 Å². The van der Waals surface area contributed by atoms with Gasteiger partial charge in [-0.2, -0.15) is 5.26 Å². The minimum atomic E-state index is -0.139. The van der Waals surface area contributed by atoms with E-state index in [1.165, 1.54) is 11.1 Å². The van der Waals surface area contributed by atoms with E-state index in [4.69, 9.17) is 5.26 Å². The zero-order chi connectivity index (χ0) is 14.5. The molecule has 1 atom stereocenters. The molecule has 0 fully saturated rings. The van der Waals surface area contributed by atoms with Crippen LogP contribution in [0.5, 0.6) is 0 Å². The van der Waals surface area contributed by atoms with Crippen molar-refractivity contribution >= 4 is 5.91 Å². The molecular formula is C16H21N3O. The summed E-state index contributed by atoms with van der Waals surface area (Å²) in [7, 11) is 0. The Kier molecular flexibility index (Phi) is 4.75. The monoisotopic (exact) mass is 271 g/mol. The zero-order valence-corrected chi connectivity index (χ0v) is 12.1. The van der Waals surface area contributed by atoms with Crippen molar-refractivity contribution in [2.75, 3.05) is 19.6 Å². The molecule has 4 nitrogen and oxygen atoms in total. The highest BCUT2D eigenvalue weighted by Crippen LogP contribution is 2.20. The van der Waals surface area contributed by atoms with Crippen LogP contribution in [0, 0.1) is 17.2 Å². The number of carbonyl (C=O) groups is 1. The quantitative estimate of drug-likeness (QED) is 0.910. The van der Waals surface area contributed by atoms with Crippen molar-refractivity contribution < 1.29 is 4.79 Å². The maximum absolute atomic E-state index is 12.7. The number of nitrogens with one attached hydrogen (secondary N) is 1. The molecule has 1 aromatic carbocycles. The predicted octanol–water partition coefficient (Wildman–Crippen LogP) is 1.95. The Morgan fingerprint density at radius 3 is 3.05 bits per heavy atom.